The minimum absolute atomic E-state index is 0.266. The zero-order valence-electron chi connectivity index (χ0n) is 5.81. The molecule has 0 atom stereocenters. The molecule has 0 aliphatic heterocycles. The number of nitrogens with one attached hydrogen (secondary N) is 1. The third-order valence-corrected chi connectivity index (χ3v) is 1.54. The monoisotopic (exact) mass is 258 g/mol. The Labute approximate surface area is 77.9 Å². The molecule has 0 fully saturated rings. The number of hydrogen-bond donors (Lipinski definition) is 2. The molecule has 0 saturated heterocycles. The van der Waals surface area contributed by atoms with Crippen LogP contribution in [0.2, 0.25) is 0 Å². The van der Waals surface area contributed by atoms with E-state index >= 15 is 0 Å². The zero-order valence-corrected chi connectivity index (χ0v) is 7.40. The molecule has 0 unspecified atom stereocenters. The number of imidazole rings is 1. The van der Waals surface area contributed by atoms with Crippen molar-refractivity contribution in [1.29, 1.82) is 0 Å². The van der Waals surface area contributed by atoms with E-state index in [1.807, 2.05) is 0 Å². The smallest absolute Gasteiger partial charge is 0.433 e. The van der Waals surface area contributed by atoms with E-state index in [9.17, 15) is 18.0 Å². The molecule has 0 aromatic carbocycles. The lowest BCUT2D eigenvalue weighted by Gasteiger charge is -2.02. The van der Waals surface area contributed by atoms with Crippen LogP contribution in [0.5, 0.6) is 0 Å². The molecule has 72 valence electrons. The number of halogens is 4. The highest BCUT2D eigenvalue weighted by atomic mass is 79.9. The molecule has 0 bridgehead atoms. The van der Waals surface area contributed by atoms with Crippen molar-refractivity contribution < 1.29 is 23.1 Å². The second kappa shape index (κ2) is 3.02. The Morgan fingerprint density at radius 3 is 2.38 bits per heavy atom. The van der Waals surface area contributed by atoms with Gasteiger partial charge in [0.05, 0.1) is 0 Å². The lowest BCUT2D eigenvalue weighted by Crippen LogP contribution is -2.12. The number of carboxylic acids is 1. The Bertz CT molecular complexity index is 346. The van der Waals surface area contributed by atoms with Gasteiger partial charge >= 0.3 is 12.1 Å². The van der Waals surface area contributed by atoms with Crippen molar-refractivity contribution in [3.63, 3.8) is 0 Å². The van der Waals surface area contributed by atoms with Crippen LogP contribution >= 0.6 is 15.9 Å². The van der Waals surface area contributed by atoms with Crippen molar-refractivity contribution in [2.75, 3.05) is 0 Å². The highest BCUT2D eigenvalue weighted by molar-refractivity contribution is 9.10. The minimum Gasteiger partial charge on any atom is -0.476 e. The molecule has 0 amide bonds. The molecule has 13 heavy (non-hydrogen) atoms. The summed E-state index contributed by atoms with van der Waals surface area (Å²) < 4.78 is 35.9. The third kappa shape index (κ3) is 2.00. The largest absolute Gasteiger partial charge is 0.476 e. The molecule has 1 rings (SSSR count). The predicted octanol–water partition coefficient (Wildman–Crippen LogP) is 1.89. The molecule has 0 radical (unpaired) electrons. The van der Waals surface area contributed by atoms with Crippen LogP contribution in [-0.2, 0) is 6.18 Å². The van der Waals surface area contributed by atoms with E-state index in [4.69, 9.17) is 5.11 Å². The first-order valence-electron chi connectivity index (χ1n) is 2.88. The van der Waals surface area contributed by atoms with Crippen LogP contribution in [0.3, 0.4) is 0 Å². The van der Waals surface area contributed by atoms with E-state index in [0.29, 0.717) is 0 Å². The number of alkyl halides is 3. The number of H-pyrrole nitrogens is 1. The summed E-state index contributed by atoms with van der Waals surface area (Å²) >= 11 is 2.61. The third-order valence-electron chi connectivity index (χ3n) is 1.16. The topological polar surface area (TPSA) is 66.0 Å². The molecule has 1 aromatic rings. The number of hydrogen-bond acceptors (Lipinski definition) is 2. The van der Waals surface area contributed by atoms with Crippen LogP contribution in [0.15, 0.2) is 4.73 Å². The van der Waals surface area contributed by atoms with Crippen LogP contribution < -0.4 is 0 Å². The van der Waals surface area contributed by atoms with Crippen molar-refractivity contribution in [2.24, 2.45) is 0 Å². The Morgan fingerprint density at radius 1 is 1.54 bits per heavy atom. The summed E-state index contributed by atoms with van der Waals surface area (Å²) in [5.74, 6) is -1.73. The van der Waals surface area contributed by atoms with Crippen molar-refractivity contribution >= 4 is 21.9 Å². The molecule has 1 aromatic heterocycles. The Hall–Kier alpha value is -1.05. The van der Waals surface area contributed by atoms with Gasteiger partial charge in [0.15, 0.2) is 16.1 Å². The maximum Gasteiger partial charge on any atom is 0.433 e. The maximum atomic E-state index is 12.1. The van der Waals surface area contributed by atoms with Crippen molar-refractivity contribution in [3.8, 4) is 0 Å². The van der Waals surface area contributed by atoms with Gasteiger partial charge in [0.2, 0.25) is 0 Å². The van der Waals surface area contributed by atoms with Crippen LogP contribution in [-0.4, -0.2) is 21.0 Å². The molecule has 0 saturated carbocycles. The van der Waals surface area contributed by atoms with Crippen molar-refractivity contribution in [3.05, 3.63) is 16.1 Å². The fourth-order valence-corrected chi connectivity index (χ4v) is 1.08. The van der Waals surface area contributed by atoms with Gasteiger partial charge in [0.1, 0.15) is 0 Å². The Morgan fingerprint density at radius 2 is 2.08 bits per heavy atom. The molecule has 4 nitrogen and oxygen atoms in total. The van der Waals surface area contributed by atoms with Gasteiger partial charge in [0, 0.05) is 0 Å². The fourth-order valence-electron chi connectivity index (χ4n) is 0.704. The number of aromatic carboxylic acids is 1. The average molecular weight is 259 g/mol. The van der Waals surface area contributed by atoms with Gasteiger partial charge in [0.25, 0.3) is 0 Å². The number of nitrogens with zero attached hydrogens (tertiary/aromatic N) is 1. The summed E-state index contributed by atoms with van der Waals surface area (Å²) in [4.78, 5) is 15.2. The molecular formula is C5H2BrF3N2O2. The summed E-state index contributed by atoms with van der Waals surface area (Å²) in [7, 11) is 0. The van der Waals surface area contributed by atoms with E-state index in [0.717, 1.165) is 0 Å². The normalized spacial score (nSPS) is 11.7. The van der Waals surface area contributed by atoms with Crippen LogP contribution in [0, 0.1) is 0 Å². The molecule has 1 heterocycles. The summed E-state index contributed by atoms with van der Waals surface area (Å²) in [5, 5.41) is 8.34. The van der Waals surface area contributed by atoms with Crippen molar-refractivity contribution in [1.82, 2.24) is 9.97 Å². The second-order valence-electron chi connectivity index (χ2n) is 2.05. The molecule has 8 heteroatoms. The molecule has 2 N–H and O–H groups in total. The highest BCUT2D eigenvalue weighted by Crippen LogP contribution is 2.31. The van der Waals surface area contributed by atoms with E-state index in [1.54, 1.807) is 4.98 Å². The van der Waals surface area contributed by atoms with Gasteiger partial charge < -0.3 is 10.1 Å². The summed E-state index contributed by atoms with van der Waals surface area (Å²) in [6, 6.07) is 0. The number of aromatic amines is 1. The fraction of sp³-hybridized carbons (Fsp3) is 0.200. The lowest BCUT2D eigenvalue weighted by molar-refractivity contribution is -0.141. The van der Waals surface area contributed by atoms with Crippen LogP contribution in [0.4, 0.5) is 13.2 Å². The predicted molar refractivity (Wildman–Crippen MR) is 38.2 cm³/mol. The molecule has 0 aliphatic rings. The van der Waals surface area contributed by atoms with E-state index in [2.05, 4.69) is 20.9 Å². The lowest BCUT2D eigenvalue weighted by atomic mass is 10.3. The first kappa shape index (κ1) is 10.0. The number of carboxylic acid groups (broad SMARTS) is 1. The first-order valence-corrected chi connectivity index (χ1v) is 3.67. The minimum atomic E-state index is -4.74. The number of aromatic nitrogens is 2. The van der Waals surface area contributed by atoms with Crippen LogP contribution in [0.1, 0.15) is 16.2 Å². The van der Waals surface area contributed by atoms with Gasteiger partial charge in [-0.1, -0.05) is 0 Å². The van der Waals surface area contributed by atoms with E-state index in [1.165, 1.54) is 0 Å². The zero-order chi connectivity index (χ0) is 10.2. The summed E-state index contributed by atoms with van der Waals surface area (Å²) in [6.45, 7) is 0. The number of rotatable bonds is 1. The standard InChI is InChI=1S/C5H2BrF3N2O2/c6-4-10-1(3(12)13)2(11-4)5(7,8)9/h(H,10,11)(H,12,13). The van der Waals surface area contributed by atoms with Crippen molar-refractivity contribution in [2.45, 2.75) is 6.18 Å². The number of carbonyl (C=O) groups is 1. The maximum absolute atomic E-state index is 12.1. The average Bonchev–Trinajstić information content (AvgIpc) is 2.29. The van der Waals surface area contributed by atoms with Gasteiger partial charge in [-0.15, -0.1) is 0 Å². The van der Waals surface area contributed by atoms with Gasteiger partial charge in [-0.05, 0) is 15.9 Å². The first-order chi connectivity index (χ1) is 5.82. The second-order valence-corrected chi connectivity index (χ2v) is 2.81. The Balaban J connectivity index is 3.28. The highest BCUT2D eigenvalue weighted by Gasteiger charge is 2.38. The van der Waals surface area contributed by atoms with Crippen LogP contribution in [0.25, 0.3) is 0 Å². The molecule has 0 aliphatic carbocycles. The SMILES string of the molecule is O=C(O)c1nc(Br)[nH]c1C(F)(F)F. The summed E-state index contributed by atoms with van der Waals surface area (Å²) in [5.41, 5.74) is -2.41. The Kier molecular flexibility index (Phi) is 2.33. The van der Waals surface area contributed by atoms with E-state index in [-0.39, 0.29) is 4.73 Å². The molecular weight excluding hydrogens is 257 g/mol. The summed E-state index contributed by atoms with van der Waals surface area (Å²) in [6.07, 6.45) is -4.74. The molecule has 0 spiro atoms. The quantitative estimate of drug-likeness (QED) is 0.809. The van der Waals surface area contributed by atoms with Gasteiger partial charge in [-0.2, -0.15) is 13.2 Å². The van der Waals surface area contributed by atoms with E-state index < -0.39 is 23.5 Å². The van der Waals surface area contributed by atoms with Gasteiger partial charge in [-0.3, -0.25) is 0 Å². The van der Waals surface area contributed by atoms with Gasteiger partial charge in [-0.25, -0.2) is 9.78 Å².